The molecule has 6 nitrogen and oxygen atoms in total. The number of aryl methyl sites for hydroxylation is 1. The van der Waals surface area contributed by atoms with E-state index in [2.05, 4.69) is 10.6 Å². The largest absolute Gasteiger partial charge is 0.478 e. The molecule has 3 N–H and O–H groups in total. The van der Waals surface area contributed by atoms with E-state index in [-0.39, 0.29) is 17.7 Å². The molecule has 21 heavy (non-hydrogen) atoms. The van der Waals surface area contributed by atoms with E-state index in [1.807, 2.05) is 6.92 Å². The smallest absolute Gasteiger partial charge is 0.335 e. The maximum Gasteiger partial charge on any atom is 0.335 e. The van der Waals surface area contributed by atoms with Crippen molar-refractivity contribution in [3.63, 3.8) is 0 Å². The van der Waals surface area contributed by atoms with Gasteiger partial charge in [0.2, 0.25) is 0 Å². The Labute approximate surface area is 123 Å². The lowest BCUT2D eigenvalue weighted by molar-refractivity contribution is 0.0187. The minimum Gasteiger partial charge on any atom is -0.478 e. The first kappa shape index (κ1) is 15.3. The predicted molar refractivity (Wildman–Crippen MR) is 78.8 cm³/mol. The number of ether oxygens (including phenoxy) is 1. The van der Waals surface area contributed by atoms with Crippen molar-refractivity contribution < 1.29 is 19.4 Å². The SMILES string of the molecule is Cc1ccc(C(=O)O)cc1NC(=O)NCC1CCCCO1. The summed E-state index contributed by atoms with van der Waals surface area (Å²) >= 11 is 0. The molecule has 0 spiro atoms. The van der Waals surface area contributed by atoms with Crippen molar-refractivity contribution in [1.82, 2.24) is 5.32 Å². The summed E-state index contributed by atoms with van der Waals surface area (Å²) in [7, 11) is 0. The Kier molecular flexibility index (Phi) is 5.16. The highest BCUT2D eigenvalue weighted by molar-refractivity contribution is 5.93. The zero-order chi connectivity index (χ0) is 15.2. The number of urea groups is 1. The van der Waals surface area contributed by atoms with Crippen LogP contribution in [0.1, 0.15) is 35.2 Å². The van der Waals surface area contributed by atoms with E-state index >= 15 is 0 Å². The summed E-state index contributed by atoms with van der Waals surface area (Å²) in [5, 5.41) is 14.4. The number of hydrogen-bond acceptors (Lipinski definition) is 3. The number of carboxylic acids is 1. The van der Waals surface area contributed by atoms with Crippen molar-refractivity contribution in [3.8, 4) is 0 Å². The van der Waals surface area contributed by atoms with E-state index < -0.39 is 5.97 Å². The van der Waals surface area contributed by atoms with Crippen LogP contribution in [0.5, 0.6) is 0 Å². The summed E-state index contributed by atoms with van der Waals surface area (Å²) < 4.78 is 5.53. The van der Waals surface area contributed by atoms with Crippen LogP contribution in [-0.4, -0.2) is 36.4 Å². The van der Waals surface area contributed by atoms with Crippen LogP contribution in [0.2, 0.25) is 0 Å². The highest BCUT2D eigenvalue weighted by Gasteiger charge is 2.15. The molecular formula is C15H20N2O4. The number of carbonyl (C=O) groups excluding carboxylic acids is 1. The van der Waals surface area contributed by atoms with Crippen LogP contribution in [-0.2, 0) is 4.74 Å². The summed E-state index contributed by atoms with van der Waals surface area (Å²) in [5.74, 6) is -1.02. The average Bonchev–Trinajstić information content (AvgIpc) is 2.48. The van der Waals surface area contributed by atoms with Gasteiger partial charge in [0.25, 0.3) is 0 Å². The Morgan fingerprint density at radius 3 is 2.86 bits per heavy atom. The highest BCUT2D eigenvalue weighted by atomic mass is 16.5. The van der Waals surface area contributed by atoms with Gasteiger partial charge in [-0.2, -0.15) is 0 Å². The van der Waals surface area contributed by atoms with E-state index in [0.717, 1.165) is 31.4 Å². The zero-order valence-electron chi connectivity index (χ0n) is 12.0. The monoisotopic (exact) mass is 292 g/mol. The Hall–Kier alpha value is -2.08. The first-order valence-corrected chi connectivity index (χ1v) is 7.06. The van der Waals surface area contributed by atoms with Gasteiger partial charge in [-0.3, -0.25) is 0 Å². The fraction of sp³-hybridized carbons (Fsp3) is 0.467. The summed E-state index contributed by atoms with van der Waals surface area (Å²) in [4.78, 5) is 22.8. The lowest BCUT2D eigenvalue weighted by Crippen LogP contribution is -2.37. The molecule has 1 aromatic rings. The van der Waals surface area contributed by atoms with Gasteiger partial charge in [-0.25, -0.2) is 9.59 Å². The molecule has 0 bridgehead atoms. The van der Waals surface area contributed by atoms with Gasteiger partial charge in [-0.15, -0.1) is 0 Å². The van der Waals surface area contributed by atoms with Crippen molar-refractivity contribution in [1.29, 1.82) is 0 Å². The number of benzene rings is 1. The van der Waals surface area contributed by atoms with Crippen molar-refractivity contribution in [3.05, 3.63) is 29.3 Å². The molecule has 1 unspecified atom stereocenters. The first-order chi connectivity index (χ1) is 10.1. The van der Waals surface area contributed by atoms with Crippen LogP contribution in [0.3, 0.4) is 0 Å². The number of aromatic carboxylic acids is 1. The van der Waals surface area contributed by atoms with Gasteiger partial charge in [-0.05, 0) is 43.9 Å². The molecule has 1 heterocycles. The molecule has 6 heteroatoms. The highest BCUT2D eigenvalue weighted by Crippen LogP contribution is 2.17. The normalized spacial score (nSPS) is 18.0. The fourth-order valence-electron chi connectivity index (χ4n) is 2.23. The third-order valence-corrected chi connectivity index (χ3v) is 3.50. The van der Waals surface area contributed by atoms with E-state index in [4.69, 9.17) is 9.84 Å². The lowest BCUT2D eigenvalue weighted by Gasteiger charge is -2.22. The molecule has 0 saturated carbocycles. The van der Waals surface area contributed by atoms with Crippen molar-refractivity contribution >= 4 is 17.7 Å². The Morgan fingerprint density at radius 1 is 1.38 bits per heavy atom. The second-order valence-electron chi connectivity index (χ2n) is 5.16. The quantitative estimate of drug-likeness (QED) is 0.795. The summed E-state index contributed by atoms with van der Waals surface area (Å²) in [5.41, 5.74) is 1.45. The maximum absolute atomic E-state index is 11.9. The molecule has 1 aromatic carbocycles. The molecule has 2 amide bonds. The van der Waals surface area contributed by atoms with Gasteiger partial charge in [0.1, 0.15) is 0 Å². The summed E-state index contributed by atoms with van der Waals surface area (Å²) in [6.45, 7) is 3.02. The number of rotatable bonds is 4. The predicted octanol–water partition coefficient (Wildman–Crippen LogP) is 2.38. The van der Waals surface area contributed by atoms with Crippen LogP contribution in [0.4, 0.5) is 10.5 Å². The second kappa shape index (κ2) is 7.08. The molecule has 1 aliphatic rings. The Bertz CT molecular complexity index is 524. The minimum absolute atomic E-state index is 0.0657. The van der Waals surface area contributed by atoms with Crippen LogP contribution >= 0.6 is 0 Å². The van der Waals surface area contributed by atoms with Crippen molar-refractivity contribution in [2.24, 2.45) is 0 Å². The first-order valence-electron chi connectivity index (χ1n) is 7.06. The Morgan fingerprint density at radius 2 is 2.19 bits per heavy atom. The van der Waals surface area contributed by atoms with Crippen molar-refractivity contribution in [2.75, 3.05) is 18.5 Å². The van der Waals surface area contributed by atoms with E-state index in [0.29, 0.717) is 12.2 Å². The van der Waals surface area contributed by atoms with Crippen LogP contribution < -0.4 is 10.6 Å². The Balaban J connectivity index is 1.89. The molecule has 1 fully saturated rings. The topological polar surface area (TPSA) is 87.7 Å². The van der Waals surface area contributed by atoms with E-state index in [9.17, 15) is 9.59 Å². The van der Waals surface area contributed by atoms with Crippen LogP contribution in [0.15, 0.2) is 18.2 Å². The third-order valence-electron chi connectivity index (χ3n) is 3.50. The minimum atomic E-state index is -1.02. The third kappa shape index (κ3) is 4.46. The van der Waals surface area contributed by atoms with Gasteiger partial charge in [0.15, 0.2) is 0 Å². The van der Waals surface area contributed by atoms with Gasteiger partial charge < -0.3 is 20.5 Å². The summed E-state index contributed by atoms with van der Waals surface area (Å²) in [6, 6.07) is 4.28. The molecule has 0 radical (unpaired) electrons. The average molecular weight is 292 g/mol. The summed E-state index contributed by atoms with van der Waals surface area (Å²) in [6.07, 6.45) is 3.21. The number of nitrogens with one attached hydrogen (secondary N) is 2. The lowest BCUT2D eigenvalue weighted by atomic mass is 10.1. The molecule has 1 atom stereocenters. The molecular weight excluding hydrogens is 272 g/mol. The number of carboxylic acid groups (broad SMARTS) is 1. The van der Waals surface area contributed by atoms with Gasteiger partial charge in [-0.1, -0.05) is 6.07 Å². The van der Waals surface area contributed by atoms with Gasteiger partial charge >= 0.3 is 12.0 Å². The molecule has 0 aliphatic carbocycles. The van der Waals surface area contributed by atoms with E-state index in [1.165, 1.54) is 12.1 Å². The molecule has 1 saturated heterocycles. The molecule has 114 valence electrons. The number of amides is 2. The number of hydrogen-bond donors (Lipinski definition) is 3. The van der Waals surface area contributed by atoms with E-state index in [1.54, 1.807) is 6.07 Å². The van der Waals surface area contributed by atoms with Crippen LogP contribution in [0.25, 0.3) is 0 Å². The standard InChI is InChI=1S/C15H20N2O4/c1-10-5-6-11(14(18)19)8-13(10)17-15(20)16-9-12-4-2-3-7-21-12/h5-6,8,12H,2-4,7,9H2,1H3,(H,18,19)(H2,16,17,20). The number of anilines is 1. The van der Waals surface area contributed by atoms with Crippen LogP contribution in [0, 0.1) is 6.92 Å². The van der Waals surface area contributed by atoms with Gasteiger partial charge in [0.05, 0.1) is 11.7 Å². The van der Waals surface area contributed by atoms with Crippen molar-refractivity contribution in [2.45, 2.75) is 32.3 Å². The number of carbonyl (C=O) groups is 2. The zero-order valence-corrected chi connectivity index (χ0v) is 12.0. The maximum atomic E-state index is 11.9. The molecule has 2 rings (SSSR count). The van der Waals surface area contributed by atoms with Gasteiger partial charge in [0, 0.05) is 18.8 Å². The molecule has 1 aliphatic heterocycles. The second-order valence-corrected chi connectivity index (χ2v) is 5.16. The fourth-order valence-corrected chi connectivity index (χ4v) is 2.23. The molecule has 0 aromatic heterocycles.